The number of nitrogens with two attached hydrogens (primary N) is 1. The molecule has 0 bridgehead atoms. The molecule has 0 saturated carbocycles. The van der Waals surface area contributed by atoms with Crippen molar-refractivity contribution in [2.45, 2.75) is 13.5 Å². The second kappa shape index (κ2) is 6.02. The third kappa shape index (κ3) is 3.23. The maximum Gasteiger partial charge on any atom is 0.338 e. The Hall–Kier alpha value is -2.62. The van der Waals surface area contributed by atoms with Gasteiger partial charge in [-0.1, -0.05) is 36.4 Å². The Labute approximate surface area is 117 Å². The molecule has 4 nitrogen and oxygen atoms in total. The van der Waals surface area contributed by atoms with Crippen LogP contribution in [0.15, 0.2) is 48.5 Å². The van der Waals surface area contributed by atoms with Crippen molar-refractivity contribution in [2.75, 3.05) is 0 Å². The highest BCUT2D eigenvalue weighted by atomic mass is 16.5. The zero-order valence-electron chi connectivity index (χ0n) is 11.1. The van der Waals surface area contributed by atoms with E-state index in [9.17, 15) is 9.59 Å². The SMILES string of the molecule is Cc1ccc(C(=O)OCc2ccccc2)cc1C(N)=O. The summed E-state index contributed by atoms with van der Waals surface area (Å²) in [5.41, 5.74) is 7.55. The maximum atomic E-state index is 11.9. The standard InChI is InChI=1S/C16H15NO3/c1-11-7-8-13(9-14(11)15(17)18)16(19)20-10-12-5-3-2-4-6-12/h2-9H,10H2,1H3,(H2,17,18). The molecule has 1 amide bonds. The third-order valence-corrected chi connectivity index (χ3v) is 2.95. The van der Waals surface area contributed by atoms with Crippen LogP contribution in [0.2, 0.25) is 0 Å². The molecule has 0 aliphatic carbocycles. The van der Waals surface area contributed by atoms with Gasteiger partial charge in [-0.15, -0.1) is 0 Å². The molecule has 2 N–H and O–H groups in total. The van der Waals surface area contributed by atoms with Gasteiger partial charge < -0.3 is 10.5 Å². The average Bonchev–Trinajstić information content (AvgIpc) is 2.46. The fourth-order valence-corrected chi connectivity index (χ4v) is 1.82. The number of carbonyl (C=O) groups excluding carboxylic acids is 2. The minimum atomic E-state index is -0.555. The van der Waals surface area contributed by atoms with E-state index < -0.39 is 11.9 Å². The number of esters is 1. The Morgan fingerprint density at radius 2 is 1.80 bits per heavy atom. The van der Waals surface area contributed by atoms with Crippen LogP contribution in [0.3, 0.4) is 0 Å². The smallest absolute Gasteiger partial charge is 0.338 e. The number of carbonyl (C=O) groups is 2. The molecule has 20 heavy (non-hydrogen) atoms. The lowest BCUT2D eigenvalue weighted by atomic mass is 10.0. The first kappa shape index (κ1) is 13.8. The van der Waals surface area contributed by atoms with Gasteiger partial charge in [0.2, 0.25) is 5.91 Å². The van der Waals surface area contributed by atoms with Crippen LogP contribution in [0.1, 0.15) is 31.8 Å². The Bertz CT molecular complexity index is 635. The molecule has 0 saturated heterocycles. The van der Waals surface area contributed by atoms with Crippen LogP contribution in [0, 0.1) is 6.92 Å². The summed E-state index contributed by atoms with van der Waals surface area (Å²) >= 11 is 0. The molecular formula is C16H15NO3. The Balaban J connectivity index is 2.10. The van der Waals surface area contributed by atoms with Gasteiger partial charge in [-0.3, -0.25) is 4.79 Å². The number of aryl methyl sites for hydroxylation is 1. The van der Waals surface area contributed by atoms with Crippen molar-refractivity contribution in [3.63, 3.8) is 0 Å². The molecule has 0 aliphatic rings. The molecule has 0 aliphatic heterocycles. The summed E-state index contributed by atoms with van der Waals surface area (Å²) in [4.78, 5) is 23.2. The van der Waals surface area contributed by atoms with Crippen molar-refractivity contribution in [3.05, 3.63) is 70.8 Å². The van der Waals surface area contributed by atoms with Crippen molar-refractivity contribution in [2.24, 2.45) is 5.73 Å². The molecule has 0 aromatic heterocycles. The first-order valence-electron chi connectivity index (χ1n) is 6.19. The largest absolute Gasteiger partial charge is 0.457 e. The van der Waals surface area contributed by atoms with Crippen molar-refractivity contribution >= 4 is 11.9 Å². The van der Waals surface area contributed by atoms with Crippen LogP contribution in [-0.4, -0.2) is 11.9 Å². The van der Waals surface area contributed by atoms with Gasteiger partial charge in [-0.2, -0.15) is 0 Å². The highest BCUT2D eigenvalue weighted by Crippen LogP contribution is 2.12. The second-order valence-electron chi connectivity index (χ2n) is 4.46. The molecule has 102 valence electrons. The van der Waals surface area contributed by atoms with E-state index in [0.29, 0.717) is 11.1 Å². The topological polar surface area (TPSA) is 69.4 Å². The number of hydrogen-bond donors (Lipinski definition) is 1. The van der Waals surface area contributed by atoms with Crippen LogP contribution in [0.5, 0.6) is 0 Å². The summed E-state index contributed by atoms with van der Waals surface area (Å²) in [5.74, 6) is -1.03. The number of amides is 1. The first-order valence-corrected chi connectivity index (χ1v) is 6.19. The lowest BCUT2D eigenvalue weighted by molar-refractivity contribution is 0.0472. The lowest BCUT2D eigenvalue weighted by Gasteiger charge is -2.07. The van der Waals surface area contributed by atoms with Crippen molar-refractivity contribution in [3.8, 4) is 0 Å². The van der Waals surface area contributed by atoms with E-state index in [4.69, 9.17) is 10.5 Å². The Kier molecular flexibility index (Phi) is 4.15. The van der Waals surface area contributed by atoms with Crippen LogP contribution in [0.25, 0.3) is 0 Å². The number of hydrogen-bond acceptors (Lipinski definition) is 3. The molecule has 0 radical (unpaired) electrons. The molecule has 0 spiro atoms. The van der Waals surface area contributed by atoms with Crippen LogP contribution >= 0.6 is 0 Å². The van der Waals surface area contributed by atoms with E-state index in [2.05, 4.69) is 0 Å². The normalized spacial score (nSPS) is 10.1. The van der Waals surface area contributed by atoms with E-state index in [1.807, 2.05) is 30.3 Å². The van der Waals surface area contributed by atoms with Crippen LogP contribution in [-0.2, 0) is 11.3 Å². The molecule has 4 heteroatoms. The molecule has 2 rings (SSSR count). The second-order valence-corrected chi connectivity index (χ2v) is 4.46. The van der Waals surface area contributed by atoms with Gasteiger partial charge in [0, 0.05) is 5.56 Å². The van der Waals surface area contributed by atoms with Crippen molar-refractivity contribution in [1.82, 2.24) is 0 Å². The third-order valence-electron chi connectivity index (χ3n) is 2.95. The molecule has 0 fully saturated rings. The van der Waals surface area contributed by atoms with E-state index in [1.54, 1.807) is 19.1 Å². The summed E-state index contributed by atoms with van der Waals surface area (Å²) in [6.07, 6.45) is 0. The number of primary amides is 1. The van der Waals surface area contributed by atoms with Gasteiger partial charge in [0.05, 0.1) is 5.56 Å². The van der Waals surface area contributed by atoms with Crippen LogP contribution < -0.4 is 5.73 Å². The average molecular weight is 269 g/mol. The highest BCUT2D eigenvalue weighted by molar-refractivity contribution is 5.98. The predicted molar refractivity (Wildman–Crippen MR) is 75.3 cm³/mol. The fraction of sp³-hybridized carbons (Fsp3) is 0.125. The van der Waals surface area contributed by atoms with E-state index >= 15 is 0 Å². The molecule has 0 heterocycles. The predicted octanol–water partition coefficient (Wildman–Crippen LogP) is 2.45. The fourth-order valence-electron chi connectivity index (χ4n) is 1.82. The zero-order chi connectivity index (χ0) is 14.5. The minimum absolute atomic E-state index is 0.194. The van der Waals surface area contributed by atoms with Gasteiger partial charge in [0.25, 0.3) is 0 Å². The van der Waals surface area contributed by atoms with Gasteiger partial charge >= 0.3 is 5.97 Å². The van der Waals surface area contributed by atoms with Gasteiger partial charge in [0.1, 0.15) is 6.61 Å². The lowest BCUT2D eigenvalue weighted by Crippen LogP contribution is -2.14. The van der Waals surface area contributed by atoms with E-state index in [0.717, 1.165) is 11.1 Å². The molecule has 0 atom stereocenters. The first-order chi connectivity index (χ1) is 9.58. The zero-order valence-corrected chi connectivity index (χ0v) is 11.1. The maximum absolute atomic E-state index is 11.9. The monoisotopic (exact) mass is 269 g/mol. The van der Waals surface area contributed by atoms with Crippen LogP contribution in [0.4, 0.5) is 0 Å². The highest BCUT2D eigenvalue weighted by Gasteiger charge is 2.12. The minimum Gasteiger partial charge on any atom is -0.457 e. The summed E-state index contributed by atoms with van der Waals surface area (Å²) in [6.45, 7) is 1.96. The Morgan fingerprint density at radius 3 is 2.45 bits per heavy atom. The number of ether oxygens (including phenoxy) is 1. The van der Waals surface area contributed by atoms with Gasteiger partial charge in [-0.05, 0) is 30.2 Å². The quantitative estimate of drug-likeness (QED) is 0.867. The molecule has 2 aromatic carbocycles. The Morgan fingerprint density at radius 1 is 1.10 bits per heavy atom. The summed E-state index contributed by atoms with van der Waals surface area (Å²) < 4.78 is 5.20. The number of benzene rings is 2. The van der Waals surface area contributed by atoms with Crippen molar-refractivity contribution < 1.29 is 14.3 Å². The van der Waals surface area contributed by atoms with Crippen molar-refractivity contribution in [1.29, 1.82) is 0 Å². The number of rotatable bonds is 4. The van der Waals surface area contributed by atoms with Gasteiger partial charge in [0.15, 0.2) is 0 Å². The summed E-state index contributed by atoms with van der Waals surface area (Å²) in [7, 11) is 0. The van der Waals surface area contributed by atoms with Gasteiger partial charge in [-0.25, -0.2) is 4.79 Å². The van der Waals surface area contributed by atoms with E-state index in [1.165, 1.54) is 6.07 Å². The molecular weight excluding hydrogens is 254 g/mol. The molecule has 2 aromatic rings. The summed E-state index contributed by atoms with van der Waals surface area (Å²) in [5, 5.41) is 0. The summed E-state index contributed by atoms with van der Waals surface area (Å²) in [6, 6.07) is 14.2. The van der Waals surface area contributed by atoms with E-state index in [-0.39, 0.29) is 6.61 Å². The molecule has 0 unspecified atom stereocenters.